The zero-order chi connectivity index (χ0) is 16.1. The summed E-state index contributed by atoms with van der Waals surface area (Å²) in [6, 6.07) is 8.79. The lowest BCUT2D eigenvalue weighted by Gasteiger charge is -2.33. The summed E-state index contributed by atoms with van der Waals surface area (Å²) in [5.74, 6) is 1.51. The van der Waals surface area contributed by atoms with Crippen molar-refractivity contribution in [3.05, 3.63) is 49.1 Å². The minimum absolute atomic E-state index is 0.511. The van der Waals surface area contributed by atoms with E-state index in [9.17, 15) is 0 Å². The highest BCUT2D eigenvalue weighted by Gasteiger charge is 2.25. The third-order valence-corrected chi connectivity index (χ3v) is 4.83. The molecule has 4 aromatic rings. The summed E-state index contributed by atoms with van der Waals surface area (Å²) in [5, 5.41) is 12.3. The number of hydrogen-bond donors (Lipinski definition) is 1. The van der Waals surface area contributed by atoms with E-state index in [1.54, 1.807) is 6.20 Å². The average Bonchev–Trinajstić information content (AvgIpc) is 3.18. The zero-order valence-corrected chi connectivity index (χ0v) is 13.4. The third kappa shape index (κ3) is 2.14. The molecule has 0 saturated heterocycles. The van der Waals surface area contributed by atoms with Crippen LogP contribution < -0.4 is 5.32 Å². The van der Waals surface area contributed by atoms with E-state index in [0.29, 0.717) is 12.0 Å². The molecule has 4 heterocycles. The van der Waals surface area contributed by atoms with Crippen LogP contribution in [0.3, 0.4) is 0 Å². The van der Waals surface area contributed by atoms with E-state index in [-0.39, 0.29) is 0 Å². The van der Waals surface area contributed by atoms with Crippen LogP contribution in [0.15, 0.2) is 49.1 Å². The van der Waals surface area contributed by atoms with Crippen molar-refractivity contribution >= 4 is 17.0 Å². The van der Waals surface area contributed by atoms with Gasteiger partial charge < -0.3 is 5.32 Å². The van der Waals surface area contributed by atoms with Gasteiger partial charge in [-0.2, -0.15) is 5.10 Å². The zero-order valence-electron chi connectivity index (χ0n) is 13.4. The Bertz CT molecular complexity index is 1020. The molecule has 1 aliphatic carbocycles. The molecule has 1 N–H and O–H groups in total. The first-order chi connectivity index (χ1) is 11.8. The van der Waals surface area contributed by atoms with E-state index in [0.717, 1.165) is 28.1 Å². The highest BCUT2D eigenvalue weighted by molar-refractivity contribution is 5.82. The van der Waals surface area contributed by atoms with Crippen molar-refractivity contribution in [1.82, 2.24) is 24.2 Å². The van der Waals surface area contributed by atoms with Crippen LogP contribution in [-0.2, 0) is 0 Å². The Labute approximate surface area is 139 Å². The molecule has 6 nitrogen and oxygen atoms in total. The van der Waals surface area contributed by atoms with E-state index in [1.165, 1.54) is 12.8 Å². The number of hydrogen-bond acceptors (Lipinski definition) is 4. The van der Waals surface area contributed by atoms with Gasteiger partial charge in [-0.3, -0.25) is 0 Å². The number of anilines is 1. The van der Waals surface area contributed by atoms with Crippen molar-refractivity contribution in [2.24, 2.45) is 5.92 Å². The average molecular weight is 318 g/mol. The number of nitrogens with one attached hydrogen (secondary N) is 1. The van der Waals surface area contributed by atoms with Gasteiger partial charge in [-0.1, -0.05) is 6.92 Å². The maximum Gasteiger partial charge on any atom is 0.241 e. The molecule has 0 radical (unpaired) electrons. The van der Waals surface area contributed by atoms with E-state index in [2.05, 4.69) is 45.6 Å². The minimum Gasteiger partial charge on any atom is -0.350 e. The molecule has 0 amide bonds. The van der Waals surface area contributed by atoms with Crippen molar-refractivity contribution in [3.63, 3.8) is 0 Å². The summed E-state index contributed by atoms with van der Waals surface area (Å²) >= 11 is 0. The summed E-state index contributed by atoms with van der Waals surface area (Å²) in [5.41, 5.74) is 4.35. The fraction of sp³-hybridized carbons (Fsp3) is 0.278. The molecule has 6 heteroatoms. The van der Waals surface area contributed by atoms with Crippen molar-refractivity contribution < 1.29 is 0 Å². The van der Waals surface area contributed by atoms with Gasteiger partial charge in [0.2, 0.25) is 5.95 Å². The molecule has 0 bridgehead atoms. The predicted molar refractivity (Wildman–Crippen MR) is 93.0 cm³/mol. The van der Waals surface area contributed by atoms with Gasteiger partial charge in [0.25, 0.3) is 0 Å². The molecule has 1 fully saturated rings. The first kappa shape index (κ1) is 13.5. The largest absolute Gasteiger partial charge is 0.350 e. The Morgan fingerprint density at radius 3 is 2.88 bits per heavy atom. The molecular weight excluding hydrogens is 300 g/mol. The summed E-state index contributed by atoms with van der Waals surface area (Å²) in [6.07, 6.45) is 10.1. The molecule has 0 unspecified atom stereocenters. The highest BCUT2D eigenvalue weighted by Crippen LogP contribution is 2.29. The quantitative estimate of drug-likeness (QED) is 0.630. The second-order valence-electron chi connectivity index (χ2n) is 6.67. The van der Waals surface area contributed by atoms with Gasteiger partial charge in [-0.05, 0) is 48.6 Å². The van der Waals surface area contributed by atoms with Crippen LogP contribution in [0, 0.1) is 5.92 Å². The lowest BCUT2D eigenvalue weighted by Crippen LogP contribution is -2.34. The predicted octanol–water partition coefficient (Wildman–Crippen LogP) is 3.25. The van der Waals surface area contributed by atoms with Gasteiger partial charge in [-0.15, -0.1) is 5.10 Å². The minimum atomic E-state index is 0.511. The molecule has 0 atom stereocenters. The molecule has 4 aromatic heterocycles. The fourth-order valence-electron chi connectivity index (χ4n) is 3.50. The maximum absolute atomic E-state index is 4.60. The van der Waals surface area contributed by atoms with E-state index >= 15 is 0 Å². The van der Waals surface area contributed by atoms with Crippen LogP contribution in [0.2, 0.25) is 0 Å². The lowest BCUT2D eigenvalue weighted by molar-refractivity contribution is 0.307. The van der Waals surface area contributed by atoms with Crippen LogP contribution in [-0.4, -0.2) is 30.3 Å². The van der Waals surface area contributed by atoms with Crippen molar-refractivity contribution in [2.45, 2.75) is 25.8 Å². The Morgan fingerprint density at radius 1 is 1.12 bits per heavy atom. The normalized spacial score (nSPS) is 20.4. The Morgan fingerprint density at radius 2 is 2.00 bits per heavy atom. The van der Waals surface area contributed by atoms with Crippen molar-refractivity contribution in [1.29, 1.82) is 0 Å². The smallest absolute Gasteiger partial charge is 0.241 e. The second kappa shape index (κ2) is 5.06. The first-order valence-corrected chi connectivity index (χ1v) is 8.31. The second-order valence-corrected chi connectivity index (χ2v) is 6.67. The van der Waals surface area contributed by atoms with Crippen LogP contribution in [0.25, 0.3) is 22.2 Å². The van der Waals surface area contributed by atoms with E-state index < -0.39 is 0 Å². The molecular formula is C18H18N6. The van der Waals surface area contributed by atoms with Crippen LogP contribution in [0.5, 0.6) is 0 Å². The third-order valence-electron chi connectivity index (χ3n) is 4.83. The first-order valence-electron chi connectivity index (χ1n) is 8.31. The molecule has 120 valence electrons. The summed E-state index contributed by atoms with van der Waals surface area (Å²) in [7, 11) is 0. The van der Waals surface area contributed by atoms with E-state index in [4.69, 9.17) is 0 Å². The molecule has 5 rings (SSSR count). The number of pyridine rings is 1. The molecule has 0 spiro atoms. The molecule has 0 aromatic carbocycles. The highest BCUT2D eigenvalue weighted by atomic mass is 15.3. The number of rotatable bonds is 3. The summed E-state index contributed by atoms with van der Waals surface area (Å²) in [4.78, 5) is 4.50. The van der Waals surface area contributed by atoms with Gasteiger partial charge in [0.15, 0.2) is 0 Å². The van der Waals surface area contributed by atoms with Crippen molar-refractivity contribution in [3.8, 4) is 11.1 Å². The topological polar surface area (TPSA) is 59.5 Å². The SMILES string of the molecule is C[C@H]1C[C@@H](Nc2ncc3c(-c4ccn5nccc5c4)ccn3n2)C1. The number of aromatic nitrogens is 5. The van der Waals surface area contributed by atoms with Crippen molar-refractivity contribution in [2.75, 3.05) is 5.32 Å². The van der Waals surface area contributed by atoms with Gasteiger partial charge in [0.1, 0.15) is 0 Å². The molecule has 0 aliphatic heterocycles. The van der Waals surface area contributed by atoms with Gasteiger partial charge in [0, 0.05) is 30.2 Å². The summed E-state index contributed by atoms with van der Waals surface area (Å²) < 4.78 is 3.76. The van der Waals surface area contributed by atoms with E-state index in [1.807, 2.05) is 33.7 Å². The Hall–Kier alpha value is -2.89. The van der Waals surface area contributed by atoms with Gasteiger partial charge in [0.05, 0.1) is 17.2 Å². The van der Waals surface area contributed by atoms with Crippen LogP contribution >= 0.6 is 0 Å². The Balaban J connectivity index is 1.50. The lowest BCUT2D eigenvalue weighted by atomic mass is 9.82. The number of nitrogens with zero attached hydrogens (tertiary/aromatic N) is 5. The van der Waals surface area contributed by atoms with Crippen LogP contribution in [0.4, 0.5) is 5.95 Å². The standard InChI is InChI=1S/C18H18N6/c1-12-8-14(9-12)21-18-19-11-17-16(4-7-24(17)22-18)13-3-6-23-15(10-13)2-5-20-23/h2-7,10-12,14H,8-9H2,1H3,(H,21,22)/t12-,14+. The fourth-order valence-corrected chi connectivity index (χ4v) is 3.50. The van der Waals surface area contributed by atoms with Gasteiger partial charge in [-0.25, -0.2) is 14.0 Å². The van der Waals surface area contributed by atoms with Gasteiger partial charge >= 0.3 is 0 Å². The molecule has 24 heavy (non-hydrogen) atoms. The molecule has 1 aliphatic rings. The number of fused-ring (bicyclic) bond motifs is 2. The Kier molecular flexibility index (Phi) is 2.85. The monoisotopic (exact) mass is 318 g/mol. The molecule has 1 saturated carbocycles. The summed E-state index contributed by atoms with van der Waals surface area (Å²) in [6.45, 7) is 2.28. The maximum atomic E-state index is 4.60. The van der Waals surface area contributed by atoms with Crippen LogP contribution in [0.1, 0.15) is 19.8 Å².